The molecule has 0 radical (unpaired) electrons. The lowest BCUT2D eigenvalue weighted by atomic mass is 10.2. The van der Waals surface area contributed by atoms with Crippen molar-refractivity contribution in [3.8, 4) is 0 Å². The Bertz CT molecular complexity index is 873. The molecule has 2 aromatic rings. The van der Waals surface area contributed by atoms with E-state index in [-0.39, 0.29) is 17.5 Å². The summed E-state index contributed by atoms with van der Waals surface area (Å²) >= 11 is 6.18. The Morgan fingerprint density at radius 3 is 2.76 bits per heavy atom. The average Bonchev–Trinajstić information content (AvgIpc) is 2.93. The number of anilines is 2. The van der Waals surface area contributed by atoms with Crippen molar-refractivity contribution in [1.29, 1.82) is 0 Å². The molecule has 2 heterocycles. The summed E-state index contributed by atoms with van der Waals surface area (Å²) in [5.74, 6) is 2.46. The molecule has 25 heavy (non-hydrogen) atoms. The van der Waals surface area contributed by atoms with E-state index in [9.17, 15) is 8.42 Å². The zero-order valence-electron chi connectivity index (χ0n) is 14.2. The minimum atomic E-state index is -2.94. The molecule has 1 aliphatic heterocycles. The van der Waals surface area contributed by atoms with Crippen LogP contribution in [0.4, 0.5) is 11.6 Å². The lowest BCUT2D eigenvalue weighted by molar-refractivity contribution is 0.600. The average molecular weight is 381 g/mol. The summed E-state index contributed by atoms with van der Waals surface area (Å²) in [6, 6.07) is 9.44. The smallest absolute Gasteiger partial charge is 0.152 e. The van der Waals surface area contributed by atoms with Gasteiger partial charge in [0.2, 0.25) is 0 Å². The number of hydrogen-bond acceptors (Lipinski definition) is 6. The first-order chi connectivity index (χ1) is 11.8. The van der Waals surface area contributed by atoms with Gasteiger partial charge in [0.1, 0.15) is 17.5 Å². The van der Waals surface area contributed by atoms with Crippen LogP contribution in [-0.4, -0.2) is 43.0 Å². The van der Waals surface area contributed by atoms with Crippen molar-refractivity contribution in [3.05, 3.63) is 46.7 Å². The topological polar surface area (TPSA) is 75.2 Å². The highest BCUT2D eigenvalue weighted by Gasteiger charge is 2.31. The number of aryl methyl sites for hydroxylation is 1. The van der Waals surface area contributed by atoms with Gasteiger partial charge in [-0.3, -0.25) is 0 Å². The van der Waals surface area contributed by atoms with Crippen LogP contribution < -0.4 is 10.2 Å². The zero-order valence-corrected chi connectivity index (χ0v) is 15.8. The zero-order chi connectivity index (χ0) is 18.0. The molecule has 0 saturated carbocycles. The van der Waals surface area contributed by atoms with Crippen LogP contribution in [0.5, 0.6) is 0 Å². The standard InChI is InChI=1S/C17H21ClN4O2S/c1-12-20-16(19-10-13-5-3-4-6-15(13)18)9-17(21-12)22(2)14-7-8-25(23,24)11-14/h3-6,9,14H,7-8,10-11H2,1-2H3,(H,19,20,21). The Labute approximate surface area is 153 Å². The summed E-state index contributed by atoms with van der Waals surface area (Å²) in [6.45, 7) is 2.38. The van der Waals surface area contributed by atoms with Crippen LogP contribution in [0.25, 0.3) is 0 Å². The SMILES string of the molecule is Cc1nc(NCc2ccccc2Cl)cc(N(C)C2CCS(=O)(=O)C2)n1. The third-order valence-corrected chi connectivity index (χ3v) is 6.48. The number of aromatic nitrogens is 2. The van der Waals surface area contributed by atoms with E-state index in [2.05, 4.69) is 15.3 Å². The van der Waals surface area contributed by atoms with Gasteiger partial charge in [-0.2, -0.15) is 0 Å². The second-order valence-electron chi connectivity index (χ2n) is 6.27. The first-order valence-electron chi connectivity index (χ1n) is 8.10. The van der Waals surface area contributed by atoms with E-state index in [4.69, 9.17) is 11.6 Å². The normalized spacial score (nSPS) is 18.9. The van der Waals surface area contributed by atoms with E-state index < -0.39 is 9.84 Å². The number of nitrogens with one attached hydrogen (secondary N) is 1. The fourth-order valence-electron chi connectivity index (χ4n) is 2.92. The van der Waals surface area contributed by atoms with Gasteiger partial charge in [0.15, 0.2) is 9.84 Å². The molecular weight excluding hydrogens is 360 g/mol. The molecule has 1 atom stereocenters. The number of sulfone groups is 1. The molecule has 1 saturated heterocycles. The van der Waals surface area contributed by atoms with Gasteiger partial charge >= 0.3 is 0 Å². The highest BCUT2D eigenvalue weighted by molar-refractivity contribution is 7.91. The number of nitrogens with zero attached hydrogens (tertiary/aromatic N) is 3. The fraction of sp³-hybridized carbons (Fsp3) is 0.412. The van der Waals surface area contributed by atoms with E-state index >= 15 is 0 Å². The van der Waals surface area contributed by atoms with E-state index in [0.29, 0.717) is 29.6 Å². The summed E-state index contributed by atoms with van der Waals surface area (Å²) in [6.07, 6.45) is 0.629. The minimum absolute atomic E-state index is 0.0456. The van der Waals surface area contributed by atoms with Crippen LogP contribution in [0.3, 0.4) is 0 Å². The first kappa shape index (κ1) is 17.9. The molecule has 1 aromatic carbocycles. The summed E-state index contributed by atoms with van der Waals surface area (Å²) in [5, 5.41) is 3.97. The van der Waals surface area contributed by atoms with Crippen LogP contribution in [0.1, 0.15) is 17.8 Å². The molecule has 1 fully saturated rings. The summed E-state index contributed by atoms with van der Waals surface area (Å²) in [5.41, 5.74) is 0.984. The Kier molecular flexibility index (Phi) is 5.15. The maximum Gasteiger partial charge on any atom is 0.152 e. The molecule has 3 rings (SSSR count). The minimum Gasteiger partial charge on any atom is -0.366 e. The van der Waals surface area contributed by atoms with Crippen molar-refractivity contribution in [3.63, 3.8) is 0 Å². The molecule has 0 bridgehead atoms. The number of hydrogen-bond donors (Lipinski definition) is 1. The molecule has 0 spiro atoms. The van der Waals surface area contributed by atoms with E-state index in [1.165, 1.54) is 0 Å². The second kappa shape index (κ2) is 7.17. The fourth-order valence-corrected chi connectivity index (χ4v) is 4.90. The number of rotatable bonds is 5. The van der Waals surface area contributed by atoms with Crippen molar-refractivity contribution >= 4 is 33.1 Å². The van der Waals surface area contributed by atoms with Crippen molar-refractivity contribution in [1.82, 2.24) is 9.97 Å². The van der Waals surface area contributed by atoms with Crippen molar-refractivity contribution in [2.24, 2.45) is 0 Å². The largest absolute Gasteiger partial charge is 0.366 e. The van der Waals surface area contributed by atoms with E-state index in [1.54, 1.807) is 0 Å². The predicted molar refractivity (Wildman–Crippen MR) is 101 cm³/mol. The van der Waals surface area contributed by atoms with Crippen molar-refractivity contribution in [2.75, 3.05) is 28.8 Å². The Morgan fingerprint density at radius 2 is 2.08 bits per heavy atom. The van der Waals surface area contributed by atoms with Gasteiger partial charge in [0, 0.05) is 30.7 Å². The summed E-state index contributed by atoms with van der Waals surface area (Å²) in [4.78, 5) is 10.8. The summed E-state index contributed by atoms with van der Waals surface area (Å²) in [7, 11) is -1.06. The highest BCUT2D eigenvalue weighted by atomic mass is 35.5. The number of halogens is 1. The molecule has 1 N–H and O–H groups in total. The molecule has 0 aliphatic carbocycles. The lowest BCUT2D eigenvalue weighted by Gasteiger charge is -2.25. The predicted octanol–water partition coefficient (Wildman–Crippen LogP) is 2.67. The van der Waals surface area contributed by atoms with Gasteiger partial charge < -0.3 is 10.2 Å². The number of benzene rings is 1. The summed E-state index contributed by atoms with van der Waals surface area (Å²) < 4.78 is 23.4. The van der Waals surface area contributed by atoms with Gasteiger partial charge in [-0.1, -0.05) is 29.8 Å². The monoisotopic (exact) mass is 380 g/mol. The molecule has 1 aliphatic rings. The molecule has 134 valence electrons. The van der Waals surface area contributed by atoms with Crippen LogP contribution in [0.15, 0.2) is 30.3 Å². The van der Waals surface area contributed by atoms with E-state index in [0.717, 1.165) is 11.4 Å². The molecular formula is C17H21ClN4O2S. The Morgan fingerprint density at radius 1 is 1.32 bits per heavy atom. The third kappa shape index (κ3) is 4.41. The Hall–Kier alpha value is -1.86. The van der Waals surface area contributed by atoms with Crippen LogP contribution in [-0.2, 0) is 16.4 Å². The highest BCUT2D eigenvalue weighted by Crippen LogP contribution is 2.24. The van der Waals surface area contributed by atoms with E-state index in [1.807, 2.05) is 49.2 Å². The van der Waals surface area contributed by atoms with Gasteiger partial charge in [0.05, 0.1) is 11.5 Å². The first-order valence-corrected chi connectivity index (χ1v) is 10.3. The maximum absolute atomic E-state index is 11.7. The second-order valence-corrected chi connectivity index (χ2v) is 8.91. The molecule has 6 nitrogen and oxygen atoms in total. The third-order valence-electron chi connectivity index (χ3n) is 4.36. The molecule has 1 unspecified atom stereocenters. The molecule has 8 heteroatoms. The van der Waals surface area contributed by atoms with Crippen LogP contribution >= 0.6 is 11.6 Å². The molecule has 1 aromatic heterocycles. The molecule has 0 amide bonds. The van der Waals surface area contributed by atoms with Gasteiger partial charge in [0.25, 0.3) is 0 Å². The van der Waals surface area contributed by atoms with Gasteiger partial charge in [-0.25, -0.2) is 18.4 Å². The maximum atomic E-state index is 11.7. The van der Waals surface area contributed by atoms with Crippen molar-refractivity contribution in [2.45, 2.75) is 25.9 Å². The van der Waals surface area contributed by atoms with Crippen LogP contribution in [0.2, 0.25) is 5.02 Å². The Balaban J connectivity index is 1.75. The van der Waals surface area contributed by atoms with Crippen molar-refractivity contribution < 1.29 is 8.42 Å². The quantitative estimate of drug-likeness (QED) is 0.859. The van der Waals surface area contributed by atoms with Crippen LogP contribution in [0, 0.1) is 6.92 Å². The van der Waals surface area contributed by atoms with Gasteiger partial charge in [-0.05, 0) is 25.0 Å². The van der Waals surface area contributed by atoms with Gasteiger partial charge in [-0.15, -0.1) is 0 Å². The lowest BCUT2D eigenvalue weighted by Crippen LogP contribution is -2.33.